The van der Waals surface area contributed by atoms with Crippen LogP contribution in [0.2, 0.25) is 10.0 Å². The number of hydrogen-bond acceptors (Lipinski definition) is 3. The van der Waals surface area contributed by atoms with Gasteiger partial charge in [0.25, 0.3) is 0 Å². The van der Waals surface area contributed by atoms with Crippen molar-refractivity contribution in [2.75, 3.05) is 17.2 Å². The number of nitrogens with zero attached hydrogens (tertiary/aromatic N) is 1. The first-order valence-electron chi connectivity index (χ1n) is 5.54. The SMILES string of the molecule is O=C1CC(CS(=O)(=O)Cl)CN1c1c(Cl)cc(F)cc1Cl. The lowest BCUT2D eigenvalue weighted by molar-refractivity contribution is -0.117. The number of anilines is 1. The van der Waals surface area contributed by atoms with Gasteiger partial charge in [0, 0.05) is 29.6 Å². The fourth-order valence-corrected chi connectivity index (χ4v) is 4.17. The average molecular weight is 361 g/mol. The maximum Gasteiger partial charge on any atom is 0.232 e. The lowest BCUT2D eigenvalue weighted by Gasteiger charge is -2.19. The minimum Gasteiger partial charge on any atom is -0.309 e. The summed E-state index contributed by atoms with van der Waals surface area (Å²) < 4.78 is 35.2. The van der Waals surface area contributed by atoms with E-state index in [9.17, 15) is 17.6 Å². The van der Waals surface area contributed by atoms with Crippen LogP contribution < -0.4 is 4.90 Å². The van der Waals surface area contributed by atoms with Crippen LogP contribution in [0.3, 0.4) is 0 Å². The lowest BCUT2D eigenvalue weighted by atomic mass is 10.1. The van der Waals surface area contributed by atoms with Gasteiger partial charge >= 0.3 is 0 Å². The third-order valence-corrected chi connectivity index (χ3v) is 4.72. The molecular weight excluding hydrogens is 352 g/mol. The molecule has 1 atom stereocenters. The smallest absolute Gasteiger partial charge is 0.232 e. The largest absolute Gasteiger partial charge is 0.309 e. The lowest BCUT2D eigenvalue weighted by Crippen LogP contribution is -2.26. The summed E-state index contributed by atoms with van der Waals surface area (Å²) in [6, 6.07) is 2.09. The first-order valence-corrected chi connectivity index (χ1v) is 8.78. The van der Waals surface area contributed by atoms with E-state index in [0.717, 1.165) is 12.1 Å². The Balaban J connectivity index is 2.29. The van der Waals surface area contributed by atoms with Crippen molar-refractivity contribution in [3.8, 4) is 0 Å². The molecule has 110 valence electrons. The molecular formula is C11H9Cl3FNO3S. The molecule has 1 aliphatic heterocycles. The Morgan fingerprint density at radius 3 is 2.35 bits per heavy atom. The van der Waals surface area contributed by atoms with Crippen molar-refractivity contribution >= 4 is 54.5 Å². The Hall–Kier alpha value is -0.560. The van der Waals surface area contributed by atoms with Crippen LogP contribution in [0.4, 0.5) is 10.1 Å². The number of rotatable bonds is 3. The predicted octanol–water partition coefficient (Wildman–Crippen LogP) is 3.05. The first-order chi connectivity index (χ1) is 9.17. The highest BCUT2D eigenvalue weighted by Crippen LogP contribution is 2.38. The van der Waals surface area contributed by atoms with Gasteiger partial charge in [0.2, 0.25) is 15.0 Å². The summed E-state index contributed by atoms with van der Waals surface area (Å²) >= 11 is 11.8. The molecule has 0 aromatic heterocycles. The second-order valence-corrected chi connectivity index (χ2v) is 8.13. The summed E-state index contributed by atoms with van der Waals surface area (Å²) in [6.45, 7) is 0.121. The van der Waals surface area contributed by atoms with E-state index < -0.39 is 20.8 Å². The van der Waals surface area contributed by atoms with Gasteiger partial charge in [0.05, 0.1) is 21.5 Å². The standard InChI is InChI=1S/C11H9Cl3FNO3S/c12-8-2-7(15)3-9(13)11(8)16-4-6(1-10(16)17)5-20(14,18)19/h2-3,6H,1,4-5H2. The summed E-state index contributed by atoms with van der Waals surface area (Å²) in [7, 11) is 1.48. The van der Waals surface area contributed by atoms with E-state index in [1.165, 1.54) is 4.90 Å². The number of amides is 1. The van der Waals surface area contributed by atoms with Gasteiger partial charge < -0.3 is 4.90 Å². The molecule has 0 bridgehead atoms. The van der Waals surface area contributed by atoms with Gasteiger partial charge in [-0.3, -0.25) is 4.79 Å². The van der Waals surface area contributed by atoms with E-state index in [4.69, 9.17) is 33.9 Å². The van der Waals surface area contributed by atoms with Crippen molar-refractivity contribution in [2.24, 2.45) is 5.92 Å². The fraction of sp³-hybridized carbons (Fsp3) is 0.364. The molecule has 0 N–H and O–H groups in total. The zero-order valence-electron chi connectivity index (χ0n) is 9.95. The molecule has 1 aromatic rings. The van der Waals surface area contributed by atoms with Crippen LogP contribution in [0.25, 0.3) is 0 Å². The highest BCUT2D eigenvalue weighted by molar-refractivity contribution is 8.13. The van der Waals surface area contributed by atoms with Gasteiger partial charge in [-0.15, -0.1) is 0 Å². The molecule has 20 heavy (non-hydrogen) atoms. The normalized spacial score (nSPS) is 19.7. The van der Waals surface area contributed by atoms with E-state index in [0.29, 0.717) is 0 Å². The van der Waals surface area contributed by atoms with Gasteiger partial charge in [-0.1, -0.05) is 23.2 Å². The zero-order chi connectivity index (χ0) is 15.1. The Labute approximate surface area is 129 Å². The molecule has 9 heteroatoms. The second-order valence-electron chi connectivity index (χ2n) is 4.50. The fourth-order valence-electron chi connectivity index (χ4n) is 2.18. The van der Waals surface area contributed by atoms with Gasteiger partial charge in [-0.2, -0.15) is 0 Å². The van der Waals surface area contributed by atoms with E-state index in [1.54, 1.807) is 0 Å². The summed E-state index contributed by atoms with van der Waals surface area (Å²) in [6.07, 6.45) is 0.0238. The second kappa shape index (κ2) is 5.67. The van der Waals surface area contributed by atoms with E-state index in [-0.39, 0.29) is 40.4 Å². The molecule has 1 fully saturated rings. The molecule has 0 radical (unpaired) electrons. The molecule has 1 saturated heterocycles. The average Bonchev–Trinajstić information content (AvgIpc) is 2.55. The molecule has 2 rings (SSSR count). The summed E-state index contributed by atoms with van der Waals surface area (Å²) in [4.78, 5) is 13.2. The van der Waals surface area contributed by atoms with E-state index >= 15 is 0 Å². The van der Waals surface area contributed by atoms with Crippen LogP contribution in [-0.2, 0) is 13.8 Å². The van der Waals surface area contributed by atoms with Gasteiger partial charge in [0.1, 0.15) is 5.82 Å². The maximum absolute atomic E-state index is 13.1. The van der Waals surface area contributed by atoms with Crippen molar-refractivity contribution in [1.82, 2.24) is 0 Å². The first kappa shape index (κ1) is 15.8. The van der Waals surface area contributed by atoms with Crippen molar-refractivity contribution in [3.05, 3.63) is 28.0 Å². The molecule has 1 unspecified atom stereocenters. The molecule has 0 aliphatic carbocycles. The van der Waals surface area contributed by atoms with Crippen LogP contribution in [0.1, 0.15) is 6.42 Å². The quantitative estimate of drug-likeness (QED) is 0.779. The molecule has 1 heterocycles. The number of hydrogen-bond donors (Lipinski definition) is 0. The van der Waals surface area contributed by atoms with E-state index in [1.807, 2.05) is 0 Å². The molecule has 0 spiro atoms. The van der Waals surface area contributed by atoms with Gasteiger partial charge in [-0.25, -0.2) is 12.8 Å². The summed E-state index contributed by atoms with van der Waals surface area (Å²) in [5.74, 6) is -1.70. The zero-order valence-corrected chi connectivity index (χ0v) is 13.0. The number of carbonyl (C=O) groups excluding carboxylic acids is 1. The minimum absolute atomic E-state index is 0.00210. The van der Waals surface area contributed by atoms with E-state index in [2.05, 4.69) is 0 Å². The predicted molar refractivity (Wildman–Crippen MR) is 76.5 cm³/mol. The minimum atomic E-state index is -3.70. The van der Waals surface area contributed by atoms with Crippen molar-refractivity contribution in [1.29, 1.82) is 0 Å². The molecule has 0 saturated carbocycles. The number of carbonyl (C=O) groups is 1. The van der Waals surface area contributed by atoms with Crippen molar-refractivity contribution in [3.63, 3.8) is 0 Å². The van der Waals surface area contributed by atoms with Crippen LogP contribution in [0.15, 0.2) is 12.1 Å². The highest BCUT2D eigenvalue weighted by Gasteiger charge is 2.35. The van der Waals surface area contributed by atoms with Crippen LogP contribution >= 0.6 is 33.9 Å². The Morgan fingerprint density at radius 1 is 1.30 bits per heavy atom. The maximum atomic E-state index is 13.1. The monoisotopic (exact) mass is 359 g/mol. The van der Waals surface area contributed by atoms with Crippen molar-refractivity contribution < 1.29 is 17.6 Å². The summed E-state index contributed by atoms with van der Waals surface area (Å²) in [5.41, 5.74) is 0.189. The van der Waals surface area contributed by atoms with Crippen LogP contribution in [-0.4, -0.2) is 26.6 Å². The molecule has 1 aliphatic rings. The topological polar surface area (TPSA) is 54.5 Å². The van der Waals surface area contributed by atoms with Gasteiger partial charge in [-0.05, 0) is 12.1 Å². The van der Waals surface area contributed by atoms with Crippen LogP contribution in [0.5, 0.6) is 0 Å². The number of benzene rings is 1. The Kier molecular flexibility index (Phi) is 4.49. The highest BCUT2D eigenvalue weighted by atomic mass is 35.7. The number of halogens is 4. The third kappa shape index (κ3) is 3.55. The van der Waals surface area contributed by atoms with Gasteiger partial charge in [0.15, 0.2) is 0 Å². The Morgan fingerprint density at radius 2 is 1.85 bits per heavy atom. The molecule has 1 amide bonds. The molecule has 4 nitrogen and oxygen atoms in total. The summed E-state index contributed by atoms with van der Waals surface area (Å²) in [5, 5.41) is -0.00420. The van der Waals surface area contributed by atoms with Crippen LogP contribution in [0, 0.1) is 11.7 Å². The Bertz CT molecular complexity index is 642. The van der Waals surface area contributed by atoms with Crippen molar-refractivity contribution in [2.45, 2.75) is 6.42 Å². The third-order valence-electron chi connectivity index (χ3n) is 2.89. The molecule has 1 aromatic carbocycles.